The van der Waals surface area contributed by atoms with E-state index < -0.39 is 0 Å². The standard InChI is InChI=1S/C22H27N3O2.ClH/c1-22(11-13-23-14-12-22)16-24-20(26)17-7-6-8-18(15-17)21(27)25(2)19-9-4-3-5-10-19;/h3-10,15,23H,11-14,16H2,1-2H3,(H,24,26);1H. The number of carbonyl (C=O) groups excluding carboxylic acids is 2. The number of rotatable bonds is 5. The van der Waals surface area contributed by atoms with Crippen molar-refractivity contribution in [3.63, 3.8) is 0 Å². The molecule has 150 valence electrons. The molecule has 1 aliphatic rings. The van der Waals surface area contributed by atoms with Gasteiger partial charge in [0.15, 0.2) is 0 Å². The molecule has 1 aliphatic heterocycles. The highest BCUT2D eigenvalue weighted by molar-refractivity contribution is 6.07. The molecule has 28 heavy (non-hydrogen) atoms. The van der Waals surface area contributed by atoms with Gasteiger partial charge in [-0.15, -0.1) is 12.4 Å². The summed E-state index contributed by atoms with van der Waals surface area (Å²) in [6, 6.07) is 16.4. The number of nitrogens with one attached hydrogen (secondary N) is 2. The molecule has 0 bridgehead atoms. The molecule has 0 saturated carbocycles. The van der Waals surface area contributed by atoms with Crippen molar-refractivity contribution >= 4 is 29.9 Å². The van der Waals surface area contributed by atoms with Crippen molar-refractivity contribution in [3.05, 3.63) is 65.7 Å². The van der Waals surface area contributed by atoms with E-state index in [0.717, 1.165) is 31.6 Å². The van der Waals surface area contributed by atoms with Crippen molar-refractivity contribution in [2.75, 3.05) is 31.6 Å². The molecule has 6 heteroatoms. The third-order valence-corrected chi connectivity index (χ3v) is 5.31. The lowest BCUT2D eigenvalue weighted by Gasteiger charge is -2.34. The van der Waals surface area contributed by atoms with E-state index in [-0.39, 0.29) is 29.6 Å². The maximum atomic E-state index is 12.8. The second-order valence-electron chi connectivity index (χ2n) is 7.52. The van der Waals surface area contributed by atoms with Crippen LogP contribution in [0.2, 0.25) is 0 Å². The Morgan fingerprint density at radius 1 is 1.04 bits per heavy atom. The first-order chi connectivity index (χ1) is 13.0. The number of nitrogens with zero attached hydrogens (tertiary/aromatic N) is 1. The zero-order chi connectivity index (χ0) is 19.3. The largest absolute Gasteiger partial charge is 0.351 e. The van der Waals surface area contributed by atoms with E-state index in [9.17, 15) is 9.59 Å². The lowest BCUT2D eigenvalue weighted by Crippen LogP contribution is -2.42. The van der Waals surface area contributed by atoms with Crippen molar-refractivity contribution in [3.8, 4) is 0 Å². The van der Waals surface area contributed by atoms with Crippen LogP contribution in [0.5, 0.6) is 0 Å². The zero-order valence-electron chi connectivity index (χ0n) is 16.4. The summed E-state index contributed by atoms with van der Waals surface area (Å²) in [5.41, 5.74) is 1.96. The number of para-hydroxylation sites is 1. The first-order valence-electron chi connectivity index (χ1n) is 9.41. The second-order valence-corrected chi connectivity index (χ2v) is 7.52. The highest BCUT2D eigenvalue weighted by Gasteiger charge is 2.27. The molecule has 1 saturated heterocycles. The summed E-state index contributed by atoms with van der Waals surface area (Å²) in [5, 5.41) is 6.39. The number of hydrogen-bond acceptors (Lipinski definition) is 3. The topological polar surface area (TPSA) is 61.4 Å². The molecule has 3 rings (SSSR count). The van der Waals surface area contributed by atoms with Crippen LogP contribution in [-0.2, 0) is 0 Å². The maximum Gasteiger partial charge on any atom is 0.258 e. The molecule has 1 heterocycles. The van der Waals surface area contributed by atoms with Crippen LogP contribution in [0.4, 0.5) is 5.69 Å². The average Bonchev–Trinajstić information content (AvgIpc) is 2.72. The van der Waals surface area contributed by atoms with Gasteiger partial charge in [0.05, 0.1) is 0 Å². The second kappa shape index (κ2) is 9.71. The van der Waals surface area contributed by atoms with Gasteiger partial charge >= 0.3 is 0 Å². The van der Waals surface area contributed by atoms with Crippen LogP contribution in [0.15, 0.2) is 54.6 Å². The van der Waals surface area contributed by atoms with Gasteiger partial charge in [-0.3, -0.25) is 9.59 Å². The van der Waals surface area contributed by atoms with Gasteiger partial charge in [0.1, 0.15) is 0 Å². The smallest absolute Gasteiger partial charge is 0.258 e. The van der Waals surface area contributed by atoms with Gasteiger partial charge in [-0.05, 0) is 61.7 Å². The fourth-order valence-electron chi connectivity index (χ4n) is 3.36. The van der Waals surface area contributed by atoms with E-state index in [2.05, 4.69) is 17.6 Å². The summed E-state index contributed by atoms with van der Waals surface area (Å²) < 4.78 is 0. The lowest BCUT2D eigenvalue weighted by molar-refractivity contribution is 0.0922. The molecule has 0 atom stereocenters. The minimum absolute atomic E-state index is 0. The Balaban J connectivity index is 0.00000280. The molecule has 0 unspecified atom stereocenters. The Labute approximate surface area is 172 Å². The van der Waals surface area contributed by atoms with E-state index in [0.29, 0.717) is 17.7 Å². The molecule has 1 fully saturated rings. The van der Waals surface area contributed by atoms with Crippen molar-refractivity contribution in [2.24, 2.45) is 5.41 Å². The van der Waals surface area contributed by atoms with Crippen molar-refractivity contribution in [1.29, 1.82) is 0 Å². The Morgan fingerprint density at radius 2 is 1.68 bits per heavy atom. The third kappa shape index (κ3) is 5.33. The highest BCUT2D eigenvalue weighted by atomic mass is 35.5. The van der Waals surface area contributed by atoms with Gasteiger partial charge in [-0.2, -0.15) is 0 Å². The van der Waals surface area contributed by atoms with E-state index in [1.165, 1.54) is 0 Å². The number of amides is 2. The fourth-order valence-corrected chi connectivity index (χ4v) is 3.36. The van der Waals surface area contributed by atoms with E-state index >= 15 is 0 Å². The zero-order valence-corrected chi connectivity index (χ0v) is 17.2. The molecular weight excluding hydrogens is 374 g/mol. The molecule has 2 amide bonds. The summed E-state index contributed by atoms with van der Waals surface area (Å²) in [7, 11) is 1.74. The molecule has 2 aromatic rings. The van der Waals surface area contributed by atoms with Gasteiger partial charge in [0.25, 0.3) is 11.8 Å². The Kier molecular flexibility index (Phi) is 7.61. The van der Waals surface area contributed by atoms with Crippen LogP contribution in [-0.4, -0.2) is 38.5 Å². The molecule has 0 aliphatic carbocycles. The monoisotopic (exact) mass is 401 g/mol. The van der Waals surface area contributed by atoms with E-state index in [1.54, 1.807) is 36.2 Å². The summed E-state index contributed by atoms with van der Waals surface area (Å²) in [6.07, 6.45) is 2.10. The van der Waals surface area contributed by atoms with Crippen LogP contribution in [0.25, 0.3) is 0 Å². The predicted octanol–water partition coefficient (Wildman–Crippen LogP) is 3.50. The fraction of sp³-hybridized carbons (Fsp3) is 0.364. The van der Waals surface area contributed by atoms with Crippen molar-refractivity contribution in [2.45, 2.75) is 19.8 Å². The number of anilines is 1. The van der Waals surface area contributed by atoms with Crippen LogP contribution in [0.3, 0.4) is 0 Å². The summed E-state index contributed by atoms with van der Waals surface area (Å²) in [5.74, 6) is -0.270. The molecule has 0 aromatic heterocycles. The molecule has 5 nitrogen and oxygen atoms in total. The molecule has 0 radical (unpaired) electrons. The number of carbonyl (C=O) groups is 2. The van der Waals surface area contributed by atoms with Crippen molar-refractivity contribution < 1.29 is 9.59 Å². The molecule has 0 spiro atoms. The Morgan fingerprint density at radius 3 is 2.36 bits per heavy atom. The number of hydrogen-bond donors (Lipinski definition) is 2. The quantitative estimate of drug-likeness (QED) is 0.806. The highest BCUT2D eigenvalue weighted by Crippen LogP contribution is 2.26. The van der Waals surface area contributed by atoms with Gasteiger partial charge in [0, 0.05) is 30.4 Å². The lowest BCUT2D eigenvalue weighted by atomic mass is 9.81. The minimum atomic E-state index is -0.138. The van der Waals surface area contributed by atoms with E-state index in [1.807, 2.05) is 30.3 Å². The SMILES string of the molecule is CN(C(=O)c1cccc(C(=O)NCC2(C)CCNCC2)c1)c1ccccc1.Cl. The van der Waals surface area contributed by atoms with Gasteiger partial charge in [-0.1, -0.05) is 31.2 Å². The average molecular weight is 402 g/mol. The third-order valence-electron chi connectivity index (χ3n) is 5.31. The van der Waals surface area contributed by atoms with Gasteiger partial charge < -0.3 is 15.5 Å². The van der Waals surface area contributed by atoms with Crippen molar-refractivity contribution in [1.82, 2.24) is 10.6 Å². The summed E-state index contributed by atoms with van der Waals surface area (Å²) in [6.45, 7) is 4.84. The van der Waals surface area contributed by atoms with Gasteiger partial charge in [-0.25, -0.2) is 0 Å². The maximum absolute atomic E-state index is 12.8. The van der Waals surface area contributed by atoms with Crippen LogP contribution < -0.4 is 15.5 Å². The predicted molar refractivity (Wildman–Crippen MR) is 115 cm³/mol. The number of piperidine rings is 1. The first kappa shape index (κ1) is 21.9. The van der Waals surface area contributed by atoms with Crippen LogP contribution >= 0.6 is 12.4 Å². The van der Waals surface area contributed by atoms with Crippen LogP contribution in [0.1, 0.15) is 40.5 Å². The Hall–Kier alpha value is -2.37. The molecule has 2 N–H and O–H groups in total. The Bertz CT molecular complexity index is 804. The first-order valence-corrected chi connectivity index (χ1v) is 9.41. The van der Waals surface area contributed by atoms with Gasteiger partial charge in [0.2, 0.25) is 0 Å². The van der Waals surface area contributed by atoms with Crippen LogP contribution in [0, 0.1) is 5.41 Å². The molecule has 2 aromatic carbocycles. The molecular formula is C22H28ClN3O2. The number of benzene rings is 2. The van der Waals surface area contributed by atoms with E-state index in [4.69, 9.17) is 0 Å². The normalized spacial score (nSPS) is 15.2. The summed E-state index contributed by atoms with van der Waals surface area (Å²) in [4.78, 5) is 26.9. The minimum Gasteiger partial charge on any atom is -0.351 e. The summed E-state index contributed by atoms with van der Waals surface area (Å²) >= 11 is 0. The number of halogens is 1.